The Balaban J connectivity index is 1.98. The van der Waals surface area contributed by atoms with Crippen LogP contribution < -0.4 is 16.9 Å². The van der Waals surface area contributed by atoms with Gasteiger partial charge in [0.05, 0.1) is 31.1 Å². The number of carboxylic acids is 1. The van der Waals surface area contributed by atoms with Gasteiger partial charge in [0.1, 0.15) is 0 Å². The summed E-state index contributed by atoms with van der Waals surface area (Å²) in [7, 11) is 0. The molecule has 1 saturated carbocycles. The molecule has 0 saturated heterocycles. The molecule has 0 bridgehead atoms. The highest BCUT2D eigenvalue weighted by Gasteiger charge is 2.34. The van der Waals surface area contributed by atoms with Crippen LogP contribution in [-0.4, -0.2) is 47.1 Å². The number of ether oxygens (including phenoxy) is 1. The van der Waals surface area contributed by atoms with E-state index in [0.717, 1.165) is 25.7 Å². The predicted molar refractivity (Wildman–Crippen MR) is 102 cm³/mol. The standard InChI is InChI=1S/C19H30N4O5/c1-13-15(28-17(26)11-19(12-20)7-3-2-4-8-19)6-5-9-23(13)22-18(27)14(21)10-16(24)25/h5-6,14H,2-4,7-12,20-21H2,1H3,(H,22,27)(H,24,25)/t14-/m0/s1. The number of nitrogens with one attached hydrogen (secondary N) is 1. The Labute approximate surface area is 164 Å². The van der Waals surface area contributed by atoms with Crippen LogP contribution in [0.1, 0.15) is 51.9 Å². The maximum absolute atomic E-state index is 12.5. The number of hydrogen-bond acceptors (Lipinski definition) is 7. The smallest absolute Gasteiger partial charge is 0.311 e. The van der Waals surface area contributed by atoms with Crippen molar-refractivity contribution in [1.82, 2.24) is 10.4 Å². The van der Waals surface area contributed by atoms with Gasteiger partial charge in [0.15, 0.2) is 5.76 Å². The average molecular weight is 394 g/mol. The van der Waals surface area contributed by atoms with Gasteiger partial charge in [-0.15, -0.1) is 0 Å². The Kier molecular flexibility index (Phi) is 7.59. The molecule has 9 nitrogen and oxygen atoms in total. The van der Waals surface area contributed by atoms with Gasteiger partial charge in [-0.3, -0.25) is 24.8 Å². The van der Waals surface area contributed by atoms with E-state index in [-0.39, 0.29) is 17.8 Å². The highest BCUT2D eigenvalue weighted by Crippen LogP contribution is 2.38. The van der Waals surface area contributed by atoms with E-state index >= 15 is 0 Å². The van der Waals surface area contributed by atoms with Gasteiger partial charge >= 0.3 is 11.9 Å². The fraction of sp³-hybridized carbons (Fsp3) is 0.632. The fourth-order valence-corrected chi connectivity index (χ4v) is 3.61. The SMILES string of the molecule is CC1=C(OC(=O)CC2(CN)CCCCC2)C=CCN1NC(=O)[C@@H](N)CC(=O)O. The molecule has 2 rings (SSSR count). The Hall–Kier alpha value is -2.39. The van der Waals surface area contributed by atoms with E-state index in [4.69, 9.17) is 21.3 Å². The minimum Gasteiger partial charge on any atom is -0.481 e. The molecule has 1 heterocycles. The van der Waals surface area contributed by atoms with E-state index in [2.05, 4.69) is 5.43 Å². The summed E-state index contributed by atoms with van der Waals surface area (Å²) in [5.41, 5.74) is 14.4. The van der Waals surface area contributed by atoms with Gasteiger partial charge in [-0.25, -0.2) is 0 Å². The van der Waals surface area contributed by atoms with Gasteiger partial charge < -0.3 is 21.3 Å². The van der Waals surface area contributed by atoms with Crippen LogP contribution in [0.4, 0.5) is 0 Å². The van der Waals surface area contributed by atoms with Crippen molar-refractivity contribution in [2.45, 2.75) is 57.9 Å². The lowest BCUT2D eigenvalue weighted by Gasteiger charge is -2.35. The molecule has 1 fully saturated rings. The van der Waals surface area contributed by atoms with Crippen LogP contribution in [0.25, 0.3) is 0 Å². The van der Waals surface area contributed by atoms with E-state index in [1.54, 1.807) is 19.1 Å². The number of nitrogens with two attached hydrogens (primary N) is 2. The summed E-state index contributed by atoms with van der Waals surface area (Å²) in [6.45, 7) is 2.51. The number of carbonyl (C=O) groups excluding carboxylic acids is 2. The van der Waals surface area contributed by atoms with Crippen molar-refractivity contribution in [3.05, 3.63) is 23.6 Å². The third-order valence-corrected chi connectivity index (χ3v) is 5.39. The normalized spacial score (nSPS) is 19.9. The van der Waals surface area contributed by atoms with Gasteiger partial charge in [-0.05, 0) is 37.8 Å². The molecular weight excluding hydrogens is 364 g/mol. The van der Waals surface area contributed by atoms with Crippen molar-refractivity contribution in [2.24, 2.45) is 16.9 Å². The number of nitrogens with zero attached hydrogens (tertiary/aromatic N) is 1. The summed E-state index contributed by atoms with van der Waals surface area (Å²) >= 11 is 0. The van der Waals surface area contributed by atoms with Crippen LogP contribution >= 0.6 is 0 Å². The van der Waals surface area contributed by atoms with Crippen molar-refractivity contribution in [1.29, 1.82) is 0 Å². The first-order valence-electron chi connectivity index (χ1n) is 9.60. The molecule has 0 radical (unpaired) electrons. The maximum Gasteiger partial charge on any atom is 0.311 e. The van der Waals surface area contributed by atoms with Crippen LogP contribution in [-0.2, 0) is 19.1 Å². The lowest BCUT2D eigenvalue weighted by Crippen LogP contribution is -2.50. The molecule has 2 aliphatic rings. The van der Waals surface area contributed by atoms with Crippen LogP contribution in [0, 0.1) is 5.41 Å². The zero-order valence-corrected chi connectivity index (χ0v) is 16.3. The molecule has 9 heteroatoms. The molecule has 0 aromatic heterocycles. The van der Waals surface area contributed by atoms with Crippen molar-refractivity contribution in [3.63, 3.8) is 0 Å². The van der Waals surface area contributed by atoms with Gasteiger partial charge in [-0.1, -0.05) is 25.3 Å². The summed E-state index contributed by atoms with van der Waals surface area (Å²) in [4.78, 5) is 35.3. The predicted octanol–water partition coefficient (Wildman–Crippen LogP) is 0.765. The van der Waals surface area contributed by atoms with Crippen molar-refractivity contribution >= 4 is 17.8 Å². The van der Waals surface area contributed by atoms with E-state index in [0.29, 0.717) is 24.5 Å². The molecule has 1 amide bonds. The number of esters is 1. The number of carboxylic acid groups (broad SMARTS) is 1. The highest BCUT2D eigenvalue weighted by molar-refractivity contribution is 5.85. The minimum atomic E-state index is -1.17. The number of allylic oxidation sites excluding steroid dienone is 2. The summed E-state index contributed by atoms with van der Waals surface area (Å²) in [6, 6.07) is -1.17. The van der Waals surface area contributed by atoms with Gasteiger partial charge in [-0.2, -0.15) is 0 Å². The lowest BCUT2D eigenvalue weighted by atomic mass is 9.72. The molecule has 6 N–H and O–H groups in total. The van der Waals surface area contributed by atoms with Gasteiger partial charge in [0, 0.05) is 0 Å². The van der Waals surface area contributed by atoms with E-state index < -0.39 is 24.3 Å². The zero-order valence-electron chi connectivity index (χ0n) is 16.3. The summed E-state index contributed by atoms with van der Waals surface area (Å²) in [6.07, 6.45) is 8.38. The van der Waals surface area contributed by atoms with Crippen LogP contribution in [0.5, 0.6) is 0 Å². The second kappa shape index (κ2) is 9.70. The first-order valence-corrected chi connectivity index (χ1v) is 9.60. The lowest BCUT2D eigenvalue weighted by molar-refractivity contribution is -0.143. The second-order valence-electron chi connectivity index (χ2n) is 7.56. The average Bonchev–Trinajstić information content (AvgIpc) is 2.65. The first-order chi connectivity index (χ1) is 13.3. The summed E-state index contributed by atoms with van der Waals surface area (Å²) < 4.78 is 5.55. The molecule has 1 aliphatic carbocycles. The molecule has 1 aliphatic heterocycles. The van der Waals surface area contributed by atoms with Gasteiger partial charge in [0.2, 0.25) is 0 Å². The molecule has 28 heavy (non-hydrogen) atoms. The number of hydrazine groups is 1. The number of amides is 1. The first kappa shape index (κ1) is 21.9. The number of rotatable bonds is 8. The van der Waals surface area contributed by atoms with Crippen LogP contribution in [0.2, 0.25) is 0 Å². The van der Waals surface area contributed by atoms with Crippen LogP contribution in [0.3, 0.4) is 0 Å². The second-order valence-corrected chi connectivity index (χ2v) is 7.56. The van der Waals surface area contributed by atoms with Gasteiger partial charge in [0.25, 0.3) is 5.91 Å². The summed E-state index contributed by atoms with van der Waals surface area (Å²) in [5.74, 6) is -1.78. The third kappa shape index (κ3) is 5.80. The number of carbonyl (C=O) groups is 3. The van der Waals surface area contributed by atoms with Crippen molar-refractivity contribution in [3.8, 4) is 0 Å². The Morgan fingerprint density at radius 2 is 2.00 bits per heavy atom. The number of aliphatic carboxylic acids is 1. The van der Waals surface area contributed by atoms with E-state index in [1.165, 1.54) is 11.4 Å². The molecular formula is C19H30N4O5. The topological polar surface area (TPSA) is 148 Å². The summed E-state index contributed by atoms with van der Waals surface area (Å²) in [5, 5.41) is 10.2. The Morgan fingerprint density at radius 1 is 1.32 bits per heavy atom. The molecule has 1 atom stereocenters. The van der Waals surface area contributed by atoms with E-state index in [1.807, 2.05) is 0 Å². The van der Waals surface area contributed by atoms with Crippen molar-refractivity contribution < 1.29 is 24.2 Å². The highest BCUT2D eigenvalue weighted by atomic mass is 16.5. The molecule has 156 valence electrons. The fourth-order valence-electron chi connectivity index (χ4n) is 3.61. The maximum atomic E-state index is 12.5. The molecule has 0 aromatic carbocycles. The largest absolute Gasteiger partial charge is 0.481 e. The van der Waals surface area contributed by atoms with Crippen molar-refractivity contribution in [2.75, 3.05) is 13.1 Å². The quantitative estimate of drug-likeness (QED) is 0.441. The molecule has 0 aromatic rings. The monoisotopic (exact) mass is 394 g/mol. The minimum absolute atomic E-state index is 0.195. The molecule has 0 spiro atoms. The zero-order chi connectivity index (χ0) is 20.7. The number of hydrogen-bond donors (Lipinski definition) is 4. The Morgan fingerprint density at radius 3 is 2.61 bits per heavy atom. The van der Waals surface area contributed by atoms with E-state index in [9.17, 15) is 14.4 Å². The Bertz CT molecular complexity index is 667. The molecule has 0 unspecified atom stereocenters. The van der Waals surface area contributed by atoms with Crippen LogP contribution in [0.15, 0.2) is 23.6 Å². The third-order valence-electron chi connectivity index (χ3n) is 5.39.